The molecule has 2 aromatic rings. The monoisotopic (exact) mass is 353 g/mol. The highest BCUT2D eigenvalue weighted by atomic mass is 19.4. The molecule has 0 amide bonds. The third kappa shape index (κ3) is 3.81. The van der Waals surface area contributed by atoms with E-state index in [1.165, 1.54) is 12.1 Å². The van der Waals surface area contributed by atoms with Gasteiger partial charge in [-0.05, 0) is 12.1 Å². The first kappa shape index (κ1) is 17.0. The largest absolute Gasteiger partial charge is 0.472 e. The molecule has 1 aromatic heterocycles. The van der Waals surface area contributed by atoms with Gasteiger partial charge in [0.1, 0.15) is 11.8 Å². The second-order valence-corrected chi connectivity index (χ2v) is 5.60. The van der Waals surface area contributed by atoms with Gasteiger partial charge >= 0.3 is 6.18 Å². The number of aromatic nitrogens is 1. The van der Waals surface area contributed by atoms with Gasteiger partial charge in [0, 0.05) is 31.3 Å². The molecular weight excluding hydrogens is 339 g/mol. The van der Waals surface area contributed by atoms with Crippen LogP contribution in [-0.2, 0) is 6.18 Å². The van der Waals surface area contributed by atoms with Crippen LogP contribution in [0.4, 0.5) is 24.5 Å². The minimum absolute atomic E-state index is 0.0100. The Labute approximate surface area is 141 Å². The van der Waals surface area contributed by atoms with Crippen LogP contribution in [-0.4, -0.2) is 29.1 Å². The number of hydrogen-bond acceptors (Lipinski definition) is 5. The minimum atomic E-state index is -4.44. The minimum Gasteiger partial charge on any atom is -0.472 e. The molecule has 0 bridgehead atoms. The fourth-order valence-corrected chi connectivity index (χ4v) is 2.72. The van der Waals surface area contributed by atoms with Gasteiger partial charge in [0.15, 0.2) is 0 Å². The van der Waals surface area contributed by atoms with E-state index in [0.717, 1.165) is 12.3 Å². The Kier molecular flexibility index (Phi) is 4.47. The number of halogens is 3. The Morgan fingerprint density at radius 2 is 2.00 bits per heavy atom. The average molecular weight is 353 g/mol. The van der Waals surface area contributed by atoms with Crippen LogP contribution in [0, 0.1) is 10.1 Å². The summed E-state index contributed by atoms with van der Waals surface area (Å²) in [6, 6.07) is 8.50. The normalized spacial score (nSPS) is 17.6. The first-order valence-corrected chi connectivity index (χ1v) is 7.53. The molecule has 9 heteroatoms. The molecule has 25 heavy (non-hydrogen) atoms. The van der Waals surface area contributed by atoms with E-state index in [2.05, 4.69) is 4.98 Å². The smallest absolute Gasteiger partial charge is 0.417 e. The number of anilines is 1. The Morgan fingerprint density at radius 1 is 1.24 bits per heavy atom. The van der Waals surface area contributed by atoms with Gasteiger partial charge in [-0.15, -0.1) is 0 Å². The molecule has 0 N–H and O–H groups in total. The summed E-state index contributed by atoms with van der Waals surface area (Å²) in [6.45, 7) is 0.948. The summed E-state index contributed by atoms with van der Waals surface area (Å²) in [7, 11) is 0. The maximum Gasteiger partial charge on any atom is 0.417 e. The Hall–Kier alpha value is -2.84. The zero-order chi connectivity index (χ0) is 18.0. The Balaban J connectivity index is 1.67. The number of para-hydroxylation sites is 2. The van der Waals surface area contributed by atoms with Gasteiger partial charge in [-0.2, -0.15) is 13.2 Å². The van der Waals surface area contributed by atoms with E-state index >= 15 is 0 Å². The van der Waals surface area contributed by atoms with Gasteiger partial charge in [-0.3, -0.25) is 10.1 Å². The van der Waals surface area contributed by atoms with Gasteiger partial charge in [0.2, 0.25) is 5.88 Å². The van der Waals surface area contributed by atoms with Crippen molar-refractivity contribution in [3.63, 3.8) is 0 Å². The van der Waals surface area contributed by atoms with Crippen molar-refractivity contribution in [2.24, 2.45) is 0 Å². The third-order valence-electron chi connectivity index (χ3n) is 3.92. The van der Waals surface area contributed by atoms with Gasteiger partial charge in [-0.1, -0.05) is 12.1 Å². The first-order valence-electron chi connectivity index (χ1n) is 7.53. The van der Waals surface area contributed by atoms with E-state index in [0.29, 0.717) is 25.2 Å². The lowest BCUT2D eigenvalue weighted by molar-refractivity contribution is -0.384. The van der Waals surface area contributed by atoms with E-state index < -0.39 is 16.7 Å². The van der Waals surface area contributed by atoms with Crippen LogP contribution in [0.1, 0.15) is 12.0 Å². The molecule has 0 spiro atoms. The second kappa shape index (κ2) is 6.58. The number of rotatable bonds is 4. The lowest BCUT2D eigenvalue weighted by Gasteiger charge is -2.18. The summed E-state index contributed by atoms with van der Waals surface area (Å²) >= 11 is 0. The molecule has 1 unspecified atom stereocenters. The van der Waals surface area contributed by atoms with Crippen molar-refractivity contribution in [3.05, 3.63) is 58.3 Å². The molecule has 0 aliphatic carbocycles. The number of alkyl halides is 3. The fraction of sp³-hybridized carbons (Fsp3) is 0.312. The molecule has 2 heterocycles. The van der Waals surface area contributed by atoms with Crippen LogP contribution < -0.4 is 9.64 Å². The molecule has 6 nitrogen and oxygen atoms in total. The third-order valence-corrected chi connectivity index (χ3v) is 3.92. The lowest BCUT2D eigenvalue weighted by Crippen LogP contribution is -2.25. The summed E-state index contributed by atoms with van der Waals surface area (Å²) in [5, 5.41) is 11.1. The van der Waals surface area contributed by atoms with Gasteiger partial charge in [0.05, 0.1) is 17.0 Å². The molecule has 1 aromatic carbocycles. The van der Waals surface area contributed by atoms with E-state index in [-0.39, 0.29) is 17.7 Å². The number of ether oxygens (including phenoxy) is 1. The number of nitro groups is 1. The zero-order valence-corrected chi connectivity index (χ0v) is 12.9. The van der Waals surface area contributed by atoms with E-state index in [9.17, 15) is 23.3 Å². The van der Waals surface area contributed by atoms with Crippen molar-refractivity contribution < 1.29 is 22.8 Å². The fourth-order valence-electron chi connectivity index (χ4n) is 2.72. The molecule has 1 aliphatic rings. The number of benzene rings is 1. The summed E-state index contributed by atoms with van der Waals surface area (Å²) in [6.07, 6.45) is -3.43. The number of nitrogens with zero attached hydrogens (tertiary/aromatic N) is 3. The molecule has 132 valence electrons. The van der Waals surface area contributed by atoms with Gasteiger partial charge in [-0.25, -0.2) is 4.98 Å². The van der Waals surface area contributed by atoms with Gasteiger partial charge < -0.3 is 9.64 Å². The molecule has 0 radical (unpaired) electrons. The maximum absolute atomic E-state index is 12.5. The standard InChI is InChI=1S/C16H14F3N3O3/c17-16(18,19)11-5-6-15(20-9-11)25-12-7-8-21(10-12)13-3-1-2-4-14(13)22(23)24/h1-6,9,12H,7-8,10H2. The number of pyridine rings is 1. The molecule has 0 saturated carbocycles. The van der Waals surface area contributed by atoms with Crippen molar-refractivity contribution in [1.82, 2.24) is 4.98 Å². The maximum atomic E-state index is 12.5. The van der Waals surface area contributed by atoms with Crippen LogP contribution in [0.2, 0.25) is 0 Å². The van der Waals surface area contributed by atoms with E-state index in [4.69, 9.17) is 4.74 Å². The van der Waals surface area contributed by atoms with Crippen LogP contribution in [0.25, 0.3) is 0 Å². The highest BCUT2D eigenvalue weighted by Crippen LogP contribution is 2.32. The second-order valence-electron chi connectivity index (χ2n) is 5.60. The lowest BCUT2D eigenvalue weighted by atomic mass is 10.2. The average Bonchev–Trinajstić information content (AvgIpc) is 3.03. The van der Waals surface area contributed by atoms with Crippen molar-refractivity contribution in [1.29, 1.82) is 0 Å². The molecule has 1 atom stereocenters. The predicted octanol–water partition coefficient (Wildman–Crippen LogP) is 3.67. The molecule has 1 saturated heterocycles. The van der Waals surface area contributed by atoms with Crippen molar-refractivity contribution in [2.75, 3.05) is 18.0 Å². The van der Waals surface area contributed by atoms with Crippen LogP contribution in [0.15, 0.2) is 42.6 Å². The van der Waals surface area contributed by atoms with Crippen molar-refractivity contribution >= 4 is 11.4 Å². The topological polar surface area (TPSA) is 68.5 Å². The van der Waals surface area contributed by atoms with Crippen molar-refractivity contribution in [3.8, 4) is 5.88 Å². The summed E-state index contributed by atoms with van der Waals surface area (Å²) in [5.74, 6) is 0.0995. The highest BCUT2D eigenvalue weighted by molar-refractivity contribution is 5.63. The van der Waals surface area contributed by atoms with Crippen LogP contribution in [0.5, 0.6) is 5.88 Å². The van der Waals surface area contributed by atoms with Gasteiger partial charge in [0.25, 0.3) is 5.69 Å². The SMILES string of the molecule is O=[N+]([O-])c1ccccc1N1CCC(Oc2ccc(C(F)(F)F)cn2)C1. The number of hydrogen-bond donors (Lipinski definition) is 0. The molecule has 1 fully saturated rings. The highest BCUT2D eigenvalue weighted by Gasteiger charge is 2.31. The number of nitro benzene ring substituents is 1. The van der Waals surface area contributed by atoms with E-state index in [1.54, 1.807) is 18.2 Å². The summed E-state index contributed by atoms with van der Waals surface area (Å²) in [5.41, 5.74) is -0.331. The summed E-state index contributed by atoms with van der Waals surface area (Å²) < 4.78 is 43.2. The molecule has 1 aliphatic heterocycles. The van der Waals surface area contributed by atoms with Crippen molar-refractivity contribution in [2.45, 2.75) is 18.7 Å². The Morgan fingerprint density at radius 3 is 2.64 bits per heavy atom. The zero-order valence-electron chi connectivity index (χ0n) is 12.9. The quantitative estimate of drug-likeness (QED) is 0.620. The summed E-state index contributed by atoms with van der Waals surface area (Å²) in [4.78, 5) is 16.2. The van der Waals surface area contributed by atoms with Crippen LogP contribution in [0.3, 0.4) is 0 Å². The molecular formula is C16H14F3N3O3. The Bertz CT molecular complexity index is 765. The van der Waals surface area contributed by atoms with E-state index in [1.807, 2.05) is 4.90 Å². The molecule has 3 rings (SSSR count). The predicted molar refractivity (Wildman–Crippen MR) is 83.6 cm³/mol. The first-order chi connectivity index (χ1) is 11.8. The van der Waals surface area contributed by atoms with Crippen LogP contribution >= 0.6 is 0 Å².